The zero-order chi connectivity index (χ0) is 19.5. The van der Waals surface area contributed by atoms with Crippen molar-refractivity contribution in [3.63, 3.8) is 0 Å². The quantitative estimate of drug-likeness (QED) is 0.506. The first kappa shape index (κ1) is 17.8. The van der Waals surface area contributed by atoms with Crippen LogP contribution in [0.2, 0.25) is 0 Å². The zero-order valence-electron chi connectivity index (χ0n) is 15.7. The summed E-state index contributed by atoms with van der Waals surface area (Å²) in [5.74, 6) is 0.855. The Kier molecular flexibility index (Phi) is 4.81. The van der Waals surface area contributed by atoms with Crippen molar-refractivity contribution in [2.24, 2.45) is 0 Å². The molecule has 0 radical (unpaired) electrons. The number of amides is 1. The Bertz CT molecular complexity index is 1150. The first-order valence-corrected chi connectivity index (χ1v) is 9.15. The Labute approximate surface area is 163 Å². The highest BCUT2D eigenvalue weighted by atomic mass is 16.5. The van der Waals surface area contributed by atoms with Crippen LogP contribution in [0.3, 0.4) is 0 Å². The topological polar surface area (TPSA) is 64.4 Å². The van der Waals surface area contributed by atoms with Gasteiger partial charge < -0.3 is 14.5 Å². The molecule has 0 atom stereocenters. The summed E-state index contributed by atoms with van der Waals surface area (Å²) in [6.07, 6.45) is 0. The summed E-state index contributed by atoms with van der Waals surface area (Å²) < 4.78 is 11.4. The van der Waals surface area contributed by atoms with Crippen molar-refractivity contribution in [3.05, 3.63) is 77.9 Å². The van der Waals surface area contributed by atoms with Crippen LogP contribution < -0.4 is 10.1 Å². The lowest BCUT2D eigenvalue weighted by Gasteiger charge is -2.10. The van der Waals surface area contributed by atoms with Gasteiger partial charge in [0, 0.05) is 11.3 Å². The summed E-state index contributed by atoms with van der Waals surface area (Å²) in [4.78, 5) is 17.3. The predicted octanol–water partition coefficient (Wildman–Crippen LogP) is 5.45. The number of hydrogen-bond acceptors (Lipinski definition) is 4. The van der Waals surface area contributed by atoms with Crippen molar-refractivity contribution < 1.29 is 13.9 Å². The van der Waals surface area contributed by atoms with Crippen LogP contribution in [0.25, 0.3) is 22.6 Å². The Morgan fingerprint density at radius 1 is 1.07 bits per heavy atom. The third-order valence-corrected chi connectivity index (χ3v) is 4.34. The number of hydrogen-bond donors (Lipinski definition) is 1. The molecule has 1 aromatic heterocycles. The molecule has 0 aliphatic rings. The molecule has 1 N–H and O–H groups in total. The zero-order valence-corrected chi connectivity index (χ0v) is 15.7. The fraction of sp³-hybridized carbons (Fsp3) is 0.130. The van der Waals surface area contributed by atoms with Gasteiger partial charge in [-0.15, -0.1) is 0 Å². The molecule has 1 heterocycles. The Balaban J connectivity index is 1.61. The van der Waals surface area contributed by atoms with E-state index in [9.17, 15) is 4.79 Å². The van der Waals surface area contributed by atoms with Crippen LogP contribution >= 0.6 is 0 Å². The highest BCUT2D eigenvalue weighted by Crippen LogP contribution is 2.27. The molecule has 0 fully saturated rings. The summed E-state index contributed by atoms with van der Waals surface area (Å²) in [6, 6.07) is 20.5. The standard InChI is InChI=1S/C23H20N2O3/c1-3-27-20-10-5-4-9-18(20)22(26)24-17-8-6-7-16(14-17)23-25-19-13-15(2)11-12-21(19)28-23/h4-14H,3H2,1-2H3,(H,24,26). The number of rotatable bonds is 5. The fourth-order valence-corrected chi connectivity index (χ4v) is 3.02. The summed E-state index contributed by atoms with van der Waals surface area (Å²) in [6.45, 7) is 4.40. The molecule has 0 aliphatic heterocycles. The Hall–Kier alpha value is -3.60. The van der Waals surface area contributed by atoms with Crippen LogP contribution in [0.5, 0.6) is 5.75 Å². The van der Waals surface area contributed by atoms with Crippen LogP contribution in [-0.4, -0.2) is 17.5 Å². The van der Waals surface area contributed by atoms with E-state index in [1.165, 1.54) is 0 Å². The molecule has 5 heteroatoms. The van der Waals surface area contributed by atoms with Gasteiger partial charge in [0.15, 0.2) is 5.58 Å². The monoisotopic (exact) mass is 372 g/mol. The van der Waals surface area contributed by atoms with Crippen molar-refractivity contribution in [2.75, 3.05) is 11.9 Å². The second kappa shape index (κ2) is 7.56. The van der Waals surface area contributed by atoms with Crippen molar-refractivity contribution >= 4 is 22.7 Å². The van der Waals surface area contributed by atoms with Crippen molar-refractivity contribution in [3.8, 4) is 17.2 Å². The van der Waals surface area contributed by atoms with Gasteiger partial charge in [-0.05, 0) is 61.9 Å². The highest BCUT2D eigenvalue weighted by Gasteiger charge is 2.14. The number of fused-ring (bicyclic) bond motifs is 1. The van der Waals surface area contributed by atoms with Crippen molar-refractivity contribution in [2.45, 2.75) is 13.8 Å². The van der Waals surface area contributed by atoms with E-state index in [0.717, 1.165) is 22.2 Å². The maximum absolute atomic E-state index is 12.7. The normalized spacial score (nSPS) is 10.8. The van der Waals surface area contributed by atoms with Gasteiger partial charge in [0.2, 0.25) is 5.89 Å². The van der Waals surface area contributed by atoms with Gasteiger partial charge in [-0.25, -0.2) is 4.98 Å². The van der Waals surface area contributed by atoms with E-state index in [1.54, 1.807) is 12.1 Å². The molecule has 28 heavy (non-hydrogen) atoms. The lowest BCUT2D eigenvalue weighted by atomic mass is 10.1. The number of aryl methyl sites for hydroxylation is 1. The molecule has 3 aromatic carbocycles. The van der Waals surface area contributed by atoms with E-state index in [4.69, 9.17) is 9.15 Å². The van der Waals surface area contributed by atoms with Gasteiger partial charge in [-0.3, -0.25) is 4.79 Å². The minimum Gasteiger partial charge on any atom is -0.493 e. The third kappa shape index (κ3) is 3.60. The number of anilines is 1. The fourth-order valence-electron chi connectivity index (χ4n) is 3.02. The average Bonchev–Trinajstić information content (AvgIpc) is 3.12. The van der Waals surface area contributed by atoms with Gasteiger partial charge in [-0.2, -0.15) is 0 Å². The van der Waals surface area contributed by atoms with Crippen molar-refractivity contribution in [1.82, 2.24) is 4.98 Å². The smallest absolute Gasteiger partial charge is 0.259 e. The van der Waals surface area contributed by atoms with Crippen LogP contribution in [0.15, 0.2) is 71.1 Å². The van der Waals surface area contributed by atoms with E-state index in [1.807, 2.05) is 68.4 Å². The molecule has 0 aliphatic carbocycles. The van der Waals surface area contributed by atoms with Crippen LogP contribution in [0, 0.1) is 6.92 Å². The van der Waals surface area contributed by atoms with Gasteiger partial charge in [0.1, 0.15) is 11.3 Å². The van der Waals surface area contributed by atoms with E-state index in [-0.39, 0.29) is 5.91 Å². The largest absolute Gasteiger partial charge is 0.493 e. The molecule has 4 aromatic rings. The number of para-hydroxylation sites is 1. The molecule has 1 amide bonds. The number of ether oxygens (including phenoxy) is 1. The number of benzene rings is 3. The number of aromatic nitrogens is 1. The summed E-state index contributed by atoms with van der Waals surface area (Å²) in [7, 11) is 0. The first-order valence-electron chi connectivity index (χ1n) is 9.15. The number of carbonyl (C=O) groups is 1. The Morgan fingerprint density at radius 2 is 1.93 bits per heavy atom. The number of carbonyl (C=O) groups excluding carboxylic acids is 1. The number of nitrogens with zero attached hydrogens (tertiary/aromatic N) is 1. The predicted molar refractivity (Wildman–Crippen MR) is 110 cm³/mol. The van der Waals surface area contributed by atoms with E-state index in [0.29, 0.717) is 29.5 Å². The van der Waals surface area contributed by atoms with E-state index >= 15 is 0 Å². The van der Waals surface area contributed by atoms with E-state index < -0.39 is 0 Å². The molecule has 0 spiro atoms. The molecular weight excluding hydrogens is 352 g/mol. The van der Waals surface area contributed by atoms with E-state index in [2.05, 4.69) is 10.3 Å². The van der Waals surface area contributed by atoms with Crippen LogP contribution in [0.4, 0.5) is 5.69 Å². The summed E-state index contributed by atoms with van der Waals surface area (Å²) >= 11 is 0. The lowest BCUT2D eigenvalue weighted by Crippen LogP contribution is -2.13. The highest BCUT2D eigenvalue weighted by molar-refractivity contribution is 6.06. The number of oxazole rings is 1. The first-order chi connectivity index (χ1) is 13.6. The minimum absolute atomic E-state index is 0.227. The molecule has 0 saturated carbocycles. The third-order valence-electron chi connectivity index (χ3n) is 4.34. The Morgan fingerprint density at radius 3 is 2.79 bits per heavy atom. The van der Waals surface area contributed by atoms with Gasteiger partial charge in [-0.1, -0.05) is 24.3 Å². The summed E-state index contributed by atoms with van der Waals surface area (Å²) in [5.41, 5.74) is 4.63. The van der Waals surface area contributed by atoms with Gasteiger partial charge in [0.25, 0.3) is 5.91 Å². The molecule has 0 unspecified atom stereocenters. The molecular formula is C23H20N2O3. The van der Waals surface area contributed by atoms with Crippen molar-refractivity contribution in [1.29, 1.82) is 0 Å². The molecule has 0 bridgehead atoms. The lowest BCUT2D eigenvalue weighted by molar-refractivity contribution is 0.102. The van der Waals surface area contributed by atoms with Gasteiger partial charge in [0.05, 0.1) is 12.2 Å². The average molecular weight is 372 g/mol. The maximum atomic E-state index is 12.7. The minimum atomic E-state index is -0.227. The van der Waals surface area contributed by atoms with Gasteiger partial charge >= 0.3 is 0 Å². The maximum Gasteiger partial charge on any atom is 0.259 e. The second-order valence-corrected chi connectivity index (χ2v) is 6.45. The molecule has 0 saturated heterocycles. The second-order valence-electron chi connectivity index (χ2n) is 6.45. The number of nitrogens with one attached hydrogen (secondary N) is 1. The summed E-state index contributed by atoms with van der Waals surface area (Å²) in [5, 5.41) is 2.92. The van der Waals surface area contributed by atoms with Crippen LogP contribution in [-0.2, 0) is 0 Å². The molecule has 5 nitrogen and oxygen atoms in total. The molecule has 140 valence electrons. The van der Waals surface area contributed by atoms with Crippen LogP contribution in [0.1, 0.15) is 22.8 Å². The molecule has 4 rings (SSSR count). The SMILES string of the molecule is CCOc1ccccc1C(=O)Nc1cccc(-c2nc3cc(C)ccc3o2)c1.